The molecule has 0 aliphatic rings. The average Bonchev–Trinajstić information content (AvgIpc) is 2.38. The summed E-state index contributed by atoms with van der Waals surface area (Å²) in [5, 5.41) is 11.8. The van der Waals surface area contributed by atoms with Crippen molar-refractivity contribution >= 4 is 43.5 Å². The monoisotopic (exact) mass is 384 g/mol. The Morgan fingerprint density at radius 1 is 1.50 bits per heavy atom. The van der Waals surface area contributed by atoms with Crippen LogP contribution in [0.15, 0.2) is 21.5 Å². The highest BCUT2D eigenvalue weighted by atomic mass is 79.9. The van der Waals surface area contributed by atoms with Crippen LogP contribution >= 0.6 is 27.5 Å². The smallest absolute Gasteiger partial charge is 0.337 e. The minimum absolute atomic E-state index is 0.0330. The van der Waals surface area contributed by atoms with Gasteiger partial charge in [0, 0.05) is 24.6 Å². The second kappa shape index (κ2) is 6.86. The number of carboxylic acids is 1. The zero-order valence-corrected chi connectivity index (χ0v) is 14.0. The molecule has 1 aromatic carbocycles. The molecular weight excluding hydrogens is 372 g/mol. The minimum atomic E-state index is -3.77. The van der Waals surface area contributed by atoms with Gasteiger partial charge >= 0.3 is 5.97 Å². The lowest BCUT2D eigenvalue weighted by Crippen LogP contribution is -2.33. The molecule has 0 aromatic heterocycles. The van der Waals surface area contributed by atoms with Crippen molar-refractivity contribution < 1.29 is 18.3 Å². The highest BCUT2D eigenvalue weighted by molar-refractivity contribution is 9.10. The van der Waals surface area contributed by atoms with E-state index in [2.05, 4.69) is 21.2 Å². The van der Waals surface area contributed by atoms with Gasteiger partial charge in [-0.15, -0.1) is 0 Å². The molecule has 6 nitrogen and oxygen atoms in total. The van der Waals surface area contributed by atoms with E-state index in [0.717, 1.165) is 10.4 Å². The quantitative estimate of drug-likeness (QED) is 0.777. The van der Waals surface area contributed by atoms with Gasteiger partial charge in [0.15, 0.2) is 0 Å². The number of hydrogen-bond acceptors (Lipinski definition) is 4. The Morgan fingerprint density at radius 3 is 2.60 bits per heavy atom. The highest BCUT2D eigenvalue weighted by Gasteiger charge is 2.24. The molecule has 0 saturated heterocycles. The molecule has 20 heavy (non-hydrogen) atoms. The minimum Gasteiger partial charge on any atom is -0.478 e. The van der Waals surface area contributed by atoms with Gasteiger partial charge in [0.2, 0.25) is 10.0 Å². The molecule has 0 amide bonds. The van der Waals surface area contributed by atoms with Crippen molar-refractivity contribution in [3.05, 3.63) is 27.2 Å². The lowest BCUT2D eigenvalue weighted by molar-refractivity contribution is 0.0696. The van der Waals surface area contributed by atoms with Crippen LogP contribution in [-0.2, 0) is 10.0 Å². The molecule has 1 rings (SSSR count). The van der Waals surface area contributed by atoms with Crippen molar-refractivity contribution in [2.24, 2.45) is 0 Å². The summed E-state index contributed by atoms with van der Waals surface area (Å²) in [4.78, 5) is 11.0. The Balaban J connectivity index is 3.29. The lowest BCUT2D eigenvalue weighted by Gasteiger charge is -2.17. The molecule has 0 saturated carbocycles. The zero-order chi connectivity index (χ0) is 15.5. The number of aromatic carboxylic acids is 1. The van der Waals surface area contributed by atoms with Crippen LogP contribution in [-0.4, -0.2) is 51.0 Å². The molecule has 0 bridgehead atoms. The average molecular weight is 386 g/mol. The predicted molar refractivity (Wildman–Crippen MR) is 79.9 cm³/mol. The van der Waals surface area contributed by atoms with Crippen LogP contribution < -0.4 is 5.32 Å². The number of carboxylic acid groups (broad SMARTS) is 1. The molecule has 1 aromatic rings. The Morgan fingerprint density at radius 2 is 2.10 bits per heavy atom. The molecule has 112 valence electrons. The Bertz CT molecular complexity index is 621. The van der Waals surface area contributed by atoms with E-state index in [1.54, 1.807) is 7.05 Å². The third-order valence-corrected chi connectivity index (χ3v) is 5.71. The molecule has 0 atom stereocenters. The largest absolute Gasteiger partial charge is 0.478 e. The van der Waals surface area contributed by atoms with E-state index in [9.17, 15) is 13.2 Å². The number of sulfonamides is 1. The molecule has 2 N–H and O–H groups in total. The first-order valence-corrected chi connectivity index (χ1v) is 8.16. The van der Waals surface area contributed by atoms with Gasteiger partial charge in [-0.2, -0.15) is 4.31 Å². The summed E-state index contributed by atoms with van der Waals surface area (Å²) >= 11 is 8.90. The third kappa shape index (κ3) is 3.70. The summed E-state index contributed by atoms with van der Waals surface area (Å²) in [6.45, 7) is 0.748. The molecule has 0 unspecified atom stereocenters. The van der Waals surface area contributed by atoms with Crippen LogP contribution in [0, 0.1) is 0 Å². The molecule has 0 spiro atoms. The fourth-order valence-corrected chi connectivity index (χ4v) is 3.46. The second-order valence-electron chi connectivity index (χ2n) is 4.00. The number of halogens is 2. The maximum absolute atomic E-state index is 12.3. The molecule has 0 heterocycles. The zero-order valence-electron chi connectivity index (χ0n) is 10.9. The standard InChI is InChI=1S/C11H14BrClN2O4S/c1-14-3-4-15(2)20(18,19)7-5-8(11(16)17)10(13)9(12)6-7/h5-6,14H,3-4H2,1-2H3,(H,16,17). The van der Waals surface area contributed by atoms with E-state index in [0.29, 0.717) is 6.54 Å². The number of hydrogen-bond donors (Lipinski definition) is 2. The number of nitrogens with zero attached hydrogens (tertiary/aromatic N) is 1. The van der Waals surface area contributed by atoms with Gasteiger partial charge in [-0.25, -0.2) is 13.2 Å². The first-order valence-electron chi connectivity index (χ1n) is 5.55. The summed E-state index contributed by atoms with van der Waals surface area (Å²) in [6.07, 6.45) is 0. The maximum atomic E-state index is 12.3. The highest BCUT2D eigenvalue weighted by Crippen LogP contribution is 2.30. The summed E-state index contributed by atoms with van der Waals surface area (Å²) in [5.41, 5.74) is -0.262. The number of benzene rings is 1. The molecule has 0 radical (unpaired) electrons. The van der Waals surface area contributed by atoms with Crippen molar-refractivity contribution in [3.63, 3.8) is 0 Å². The molecule has 0 fully saturated rings. The predicted octanol–water partition coefficient (Wildman–Crippen LogP) is 1.64. The fourth-order valence-electron chi connectivity index (χ4n) is 1.44. The first-order chi connectivity index (χ1) is 9.21. The van der Waals surface area contributed by atoms with E-state index in [1.807, 2.05) is 0 Å². The van der Waals surface area contributed by atoms with Gasteiger partial charge in [0.1, 0.15) is 0 Å². The number of nitrogens with one attached hydrogen (secondary N) is 1. The molecule has 0 aliphatic carbocycles. The van der Waals surface area contributed by atoms with Crippen LogP contribution in [0.4, 0.5) is 0 Å². The van der Waals surface area contributed by atoms with E-state index < -0.39 is 16.0 Å². The number of likely N-dealkylation sites (N-methyl/N-ethyl adjacent to an activating group) is 2. The lowest BCUT2D eigenvalue weighted by atomic mass is 10.2. The van der Waals surface area contributed by atoms with Crippen molar-refractivity contribution in [3.8, 4) is 0 Å². The first kappa shape index (κ1) is 17.4. The van der Waals surface area contributed by atoms with E-state index in [-0.39, 0.29) is 26.5 Å². The van der Waals surface area contributed by atoms with Gasteiger partial charge in [-0.3, -0.25) is 0 Å². The Hall–Kier alpha value is -0.670. The maximum Gasteiger partial charge on any atom is 0.337 e. The Kier molecular flexibility index (Phi) is 5.96. The summed E-state index contributed by atoms with van der Waals surface area (Å²) in [5.74, 6) is -1.29. The van der Waals surface area contributed by atoms with Gasteiger partial charge in [-0.05, 0) is 35.1 Å². The van der Waals surface area contributed by atoms with Crippen LogP contribution in [0.25, 0.3) is 0 Å². The number of rotatable bonds is 6. The van der Waals surface area contributed by atoms with Crippen molar-refractivity contribution in [1.29, 1.82) is 0 Å². The van der Waals surface area contributed by atoms with Gasteiger partial charge in [0.25, 0.3) is 0 Å². The van der Waals surface area contributed by atoms with Gasteiger partial charge in [-0.1, -0.05) is 11.6 Å². The normalized spacial score (nSPS) is 11.8. The van der Waals surface area contributed by atoms with Gasteiger partial charge in [0.05, 0.1) is 15.5 Å². The SMILES string of the molecule is CNCCN(C)S(=O)(=O)c1cc(Br)c(Cl)c(C(=O)O)c1. The van der Waals surface area contributed by atoms with E-state index >= 15 is 0 Å². The van der Waals surface area contributed by atoms with Crippen LogP contribution in [0.2, 0.25) is 5.02 Å². The molecule has 9 heteroatoms. The van der Waals surface area contributed by atoms with Crippen molar-refractivity contribution in [1.82, 2.24) is 9.62 Å². The summed E-state index contributed by atoms with van der Waals surface area (Å²) < 4.78 is 26.0. The molecule has 0 aliphatic heterocycles. The topological polar surface area (TPSA) is 86.7 Å². The van der Waals surface area contributed by atoms with Crippen LogP contribution in [0.3, 0.4) is 0 Å². The van der Waals surface area contributed by atoms with Gasteiger partial charge < -0.3 is 10.4 Å². The van der Waals surface area contributed by atoms with Crippen LogP contribution in [0.5, 0.6) is 0 Å². The van der Waals surface area contributed by atoms with Crippen LogP contribution in [0.1, 0.15) is 10.4 Å². The van der Waals surface area contributed by atoms with E-state index in [1.165, 1.54) is 13.1 Å². The summed E-state index contributed by atoms with van der Waals surface area (Å²) in [6, 6.07) is 2.35. The fraction of sp³-hybridized carbons (Fsp3) is 0.364. The summed E-state index contributed by atoms with van der Waals surface area (Å²) in [7, 11) is -0.629. The molecular formula is C11H14BrClN2O4S. The van der Waals surface area contributed by atoms with E-state index in [4.69, 9.17) is 16.7 Å². The second-order valence-corrected chi connectivity index (χ2v) is 7.28. The Labute approximate surface area is 130 Å². The van der Waals surface area contributed by atoms with Crippen molar-refractivity contribution in [2.75, 3.05) is 27.2 Å². The third-order valence-electron chi connectivity index (χ3n) is 2.62. The van der Waals surface area contributed by atoms with Crippen molar-refractivity contribution in [2.45, 2.75) is 4.90 Å². The number of carbonyl (C=O) groups is 1.